The van der Waals surface area contributed by atoms with E-state index in [0.29, 0.717) is 35.7 Å². The van der Waals surface area contributed by atoms with E-state index in [1.807, 2.05) is 0 Å². The van der Waals surface area contributed by atoms with Crippen LogP contribution in [0.1, 0.15) is 37.7 Å². The molecular formula is C18H23N3O5. The molecule has 0 bridgehead atoms. The molecule has 1 saturated carbocycles. The number of ether oxygens (including phenoxy) is 3. The Labute approximate surface area is 152 Å². The minimum Gasteiger partial charge on any atom is -0.496 e. The number of methoxy groups -OCH3 is 3. The predicted molar refractivity (Wildman–Crippen MR) is 94.9 cm³/mol. The fourth-order valence-corrected chi connectivity index (χ4v) is 3.48. The quantitative estimate of drug-likeness (QED) is 0.642. The van der Waals surface area contributed by atoms with Gasteiger partial charge >= 0.3 is 6.03 Å². The van der Waals surface area contributed by atoms with Gasteiger partial charge in [-0.3, -0.25) is 4.79 Å². The molecular weight excluding hydrogens is 338 g/mol. The van der Waals surface area contributed by atoms with Crippen LogP contribution >= 0.6 is 0 Å². The molecule has 1 aliphatic carbocycles. The lowest BCUT2D eigenvalue weighted by Gasteiger charge is -2.29. The molecule has 3 amide bonds. The van der Waals surface area contributed by atoms with E-state index in [1.165, 1.54) is 27.5 Å². The van der Waals surface area contributed by atoms with Crippen molar-refractivity contribution in [1.29, 1.82) is 0 Å². The van der Waals surface area contributed by atoms with Gasteiger partial charge in [-0.1, -0.05) is 19.3 Å². The van der Waals surface area contributed by atoms with Crippen LogP contribution in [0.3, 0.4) is 0 Å². The summed E-state index contributed by atoms with van der Waals surface area (Å²) in [6.07, 6.45) is 5.66. The lowest BCUT2D eigenvalue weighted by atomic mass is 9.82. The molecule has 0 atom stereocenters. The highest BCUT2D eigenvalue weighted by Gasteiger charge is 2.51. The van der Waals surface area contributed by atoms with Gasteiger partial charge in [0, 0.05) is 11.6 Å². The molecule has 26 heavy (non-hydrogen) atoms. The fraction of sp³-hybridized carbons (Fsp3) is 0.500. The second-order valence-electron chi connectivity index (χ2n) is 6.38. The highest BCUT2D eigenvalue weighted by Crippen LogP contribution is 2.35. The van der Waals surface area contributed by atoms with Gasteiger partial charge in [-0.2, -0.15) is 5.10 Å². The Hall–Kier alpha value is -2.77. The first-order chi connectivity index (χ1) is 12.5. The number of hydrazone groups is 1. The van der Waals surface area contributed by atoms with Crippen molar-refractivity contribution in [3.05, 3.63) is 17.7 Å². The van der Waals surface area contributed by atoms with E-state index < -0.39 is 11.6 Å². The highest BCUT2D eigenvalue weighted by molar-refractivity contribution is 6.07. The predicted octanol–water partition coefficient (Wildman–Crippen LogP) is 2.30. The molecule has 2 fully saturated rings. The zero-order chi connectivity index (χ0) is 18.7. The van der Waals surface area contributed by atoms with Gasteiger partial charge in [-0.25, -0.2) is 4.79 Å². The summed E-state index contributed by atoms with van der Waals surface area (Å²) in [6.45, 7) is 0. The number of nitrogens with one attached hydrogen (secondary N) is 1. The molecule has 140 valence electrons. The molecule has 0 aromatic heterocycles. The zero-order valence-electron chi connectivity index (χ0n) is 15.2. The summed E-state index contributed by atoms with van der Waals surface area (Å²) in [4.78, 5) is 25.0. The molecule has 0 radical (unpaired) electrons. The normalized spacial score (nSPS) is 19.1. The molecule has 1 N–H and O–H groups in total. The number of imide groups is 1. The lowest BCUT2D eigenvalue weighted by molar-refractivity contribution is -0.132. The minimum absolute atomic E-state index is 0.294. The van der Waals surface area contributed by atoms with Crippen LogP contribution in [0.4, 0.5) is 4.79 Å². The lowest BCUT2D eigenvalue weighted by Crippen LogP contribution is -2.48. The standard InChI is InChI=1S/C18H23N3O5/c1-24-13-10-15(26-3)14(25-2)9-12(13)11-19-21-16(22)18(20-17(21)23)7-5-4-6-8-18/h9-11H,4-8H2,1-3H3,(H,20,23)/b19-11-. The Morgan fingerprint density at radius 1 is 1.00 bits per heavy atom. The number of hydrogen-bond acceptors (Lipinski definition) is 6. The molecule has 0 unspecified atom stereocenters. The van der Waals surface area contributed by atoms with Crippen LogP contribution in [-0.2, 0) is 4.79 Å². The van der Waals surface area contributed by atoms with Crippen LogP contribution in [-0.4, -0.2) is 50.0 Å². The second kappa shape index (κ2) is 7.23. The molecule has 1 saturated heterocycles. The Morgan fingerprint density at radius 2 is 1.62 bits per heavy atom. The SMILES string of the molecule is COc1cc(OC)c(OC)cc1/C=N\N1C(=O)NC2(CCCCC2)C1=O. The maximum absolute atomic E-state index is 12.7. The largest absolute Gasteiger partial charge is 0.496 e. The molecule has 1 aliphatic heterocycles. The maximum Gasteiger partial charge on any atom is 0.346 e. The third kappa shape index (κ3) is 3.07. The van der Waals surface area contributed by atoms with Gasteiger partial charge in [0.1, 0.15) is 11.3 Å². The van der Waals surface area contributed by atoms with E-state index >= 15 is 0 Å². The van der Waals surface area contributed by atoms with Gasteiger partial charge in [0.25, 0.3) is 5.91 Å². The van der Waals surface area contributed by atoms with Crippen molar-refractivity contribution in [1.82, 2.24) is 10.3 Å². The van der Waals surface area contributed by atoms with Gasteiger partial charge in [0.2, 0.25) is 0 Å². The summed E-state index contributed by atoms with van der Waals surface area (Å²) >= 11 is 0. The van der Waals surface area contributed by atoms with Crippen molar-refractivity contribution < 1.29 is 23.8 Å². The number of rotatable bonds is 5. The Kier molecular flexibility index (Phi) is 5.01. The smallest absolute Gasteiger partial charge is 0.346 e. The van der Waals surface area contributed by atoms with Crippen molar-refractivity contribution >= 4 is 18.2 Å². The summed E-state index contributed by atoms with van der Waals surface area (Å²) < 4.78 is 15.9. The zero-order valence-corrected chi connectivity index (χ0v) is 15.2. The van der Waals surface area contributed by atoms with Crippen LogP contribution in [0.2, 0.25) is 0 Å². The van der Waals surface area contributed by atoms with E-state index in [2.05, 4.69) is 10.4 Å². The van der Waals surface area contributed by atoms with Crippen molar-refractivity contribution in [2.45, 2.75) is 37.6 Å². The van der Waals surface area contributed by atoms with E-state index in [4.69, 9.17) is 14.2 Å². The summed E-state index contributed by atoms with van der Waals surface area (Å²) in [6, 6.07) is 2.85. The molecule has 1 aromatic rings. The first kappa shape index (κ1) is 18.0. The number of urea groups is 1. The van der Waals surface area contributed by atoms with E-state index in [1.54, 1.807) is 12.1 Å². The molecule has 8 heteroatoms. The van der Waals surface area contributed by atoms with Crippen molar-refractivity contribution in [3.8, 4) is 17.2 Å². The van der Waals surface area contributed by atoms with Crippen molar-refractivity contribution in [3.63, 3.8) is 0 Å². The van der Waals surface area contributed by atoms with Gasteiger partial charge in [0.15, 0.2) is 11.5 Å². The summed E-state index contributed by atoms with van der Waals surface area (Å²) in [5, 5.41) is 7.84. The summed E-state index contributed by atoms with van der Waals surface area (Å²) in [7, 11) is 4.57. The third-order valence-electron chi connectivity index (χ3n) is 4.90. The monoisotopic (exact) mass is 361 g/mol. The number of carbonyl (C=O) groups is 2. The highest BCUT2D eigenvalue weighted by atomic mass is 16.5. The van der Waals surface area contributed by atoms with E-state index in [9.17, 15) is 9.59 Å². The van der Waals surface area contributed by atoms with Crippen molar-refractivity contribution in [2.75, 3.05) is 21.3 Å². The topological polar surface area (TPSA) is 89.5 Å². The second-order valence-corrected chi connectivity index (χ2v) is 6.38. The minimum atomic E-state index is -0.797. The van der Waals surface area contributed by atoms with Crippen LogP contribution in [0, 0.1) is 0 Å². The average molecular weight is 361 g/mol. The van der Waals surface area contributed by atoms with Gasteiger partial charge in [0.05, 0.1) is 27.5 Å². The number of nitrogens with zero attached hydrogens (tertiary/aromatic N) is 2. The van der Waals surface area contributed by atoms with Gasteiger partial charge in [-0.15, -0.1) is 5.01 Å². The van der Waals surface area contributed by atoms with Gasteiger partial charge in [-0.05, 0) is 18.9 Å². The van der Waals surface area contributed by atoms with Crippen LogP contribution in [0.5, 0.6) is 17.2 Å². The Balaban J connectivity index is 1.87. The van der Waals surface area contributed by atoms with Crippen LogP contribution in [0.15, 0.2) is 17.2 Å². The van der Waals surface area contributed by atoms with Crippen LogP contribution in [0.25, 0.3) is 0 Å². The van der Waals surface area contributed by atoms with Gasteiger partial charge < -0.3 is 19.5 Å². The fourth-order valence-electron chi connectivity index (χ4n) is 3.48. The third-order valence-corrected chi connectivity index (χ3v) is 4.90. The van der Waals surface area contributed by atoms with E-state index in [0.717, 1.165) is 24.3 Å². The Bertz CT molecular complexity index is 741. The first-order valence-corrected chi connectivity index (χ1v) is 8.55. The average Bonchev–Trinajstić information content (AvgIpc) is 2.89. The molecule has 8 nitrogen and oxygen atoms in total. The molecule has 2 aliphatic rings. The first-order valence-electron chi connectivity index (χ1n) is 8.55. The summed E-state index contributed by atoms with van der Waals surface area (Å²) in [5.41, 5.74) is -0.232. The molecule has 1 aromatic carbocycles. The maximum atomic E-state index is 12.7. The molecule has 1 spiro atoms. The van der Waals surface area contributed by atoms with Crippen LogP contribution < -0.4 is 19.5 Å². The van der Waals surface area contributed by atoms with Crippen molar-refractivity contribution in [2.24, 2.45) is 5.10 Å². The molecule has 3 rings (SSSR count). The number of benzene rings is 1. The number of hydrogen-bond donors (Lipinski definition) is 1. The molecule has 1 heterocycles. The number of carbonyl (C=O) groups excluding carboxylic acids is 2. The Morgan fingerprint density at radius 3 is 2.23 bits per heavy atom. The number of amides is 3. The summed E-state index contributed by atoms with van der Waals surface area (Å²) in [5.74, 6) is 1.21. The van der Waals surface area contributed by atoms with E-state index in [-0.39, 0.29) is 5.91 Å².